The summed E-state index contributed by atoms with van der Waals surface area (Å²) in [4.78, 5) is 13.9. The standard InChI is InChI=1S/C15H18N2O/c16-15(18)13-8-6-12-7-9-14(13)17(12)10-11-4-2-1-3-5-11/h1-5,8,12,14H,6-7,9-10H2,(H2,16,18). The second kappa shape index (κ2) is 4.58. The van der Waals surface area contributed by atoms with E-state index in [2.05, 4.69) is 29.2 Å². The third kappa shape index (κ3) is 1.95. The molecule has 1 aromatic carbocycles. The summed E-state index contributed by atoms with van der Waals surface area (Å²) in [5.41, 5.74) is 7.60. The van der Waals surface area contributed by atoms with Gasteiger partial charge in [-0.2, -0.15) is 0 Å². The molecule has 1 fully saturated rings. The number of nitrogens with two attached hydrogens (primary N) is 1. The molecule has 1 amide bonds. The van der Waals surface area contributed by atoms with Crippen molar-refractivity contribution < 1.29 is 4.79 Å². The van der Waals surface area contributed by atoms with Crippen LogP contribution in [0.3, 0.4) is 0 Å². The number of nitrogens with zero attached hydrogens (tertiary/aromatic N) is 1. The largest absolute Gasteiger partial charge is 0.366 e. The summed E-state index contributed by atoms with van der Waals surface area (Å²) < 4.78 is 0. The molecule has 0 aromatic heterocycles. The molecule has 1 saturated heterocycles. The molecular formula is C15H18N2O. The van der Waals surface area contributed by atoms with Crippen LogP contribution in [0.1, 0.15) is 24.8 Å². The van der Waals surface area contributed by atoms with Gasteiger partial charge in [0.15, 0.2) is 0 Å². The van der Waals surface area contributed by atoms with E-state index in [1.165, 1.54) is 12.0 Å². The van der Waals surface area contributed by atoms with Crippen LogP contribution in [0.25, 0.3) is 0 Å². The Balaban J connectivity index is 1.82. The molecule has 2 atom stereocenters. The van der Waals surface area contributed by atoms with Gasteiger partial charge >= 0.3 is 0 Å². The van der Waals surface area contributed by atoms with E-state index in [0.29, 0.717) is 6.04 Å². The number of rotatable bonds is 3. The van der Waals surface area contributed by atoms with Crippen LogP contribution in [-0.4, -0.2) is 22.9 Å². The van der Waals surface area contributed by atoms with Crippen LogP contribution in [0.5, 0.6) is 0 Å². The fourth-order valence-corrected chi connectivity index (χ4v) is 3.22. The van der Waals surface area contributed by atoms with E-state index in [4.69, 9.17) is 5.73 Å². The maximum Gasteiger partial charge on any atom is 0.245 e. The molecule has 94 valence electrons. The van der Waals surface area contributed by atoms with Gasteiger partial charge in [-0.3, -0.25) is 9.69 Å². The molecule has 2 aliphatic rings. The first kappa shape index (κ1) is 11.5. The molecule has 3 rings (SSSR count). The molecule has 0 aliphatic carbocycles. The summed E-state index contributed by atoms with van der Waals surface area (Å²) in [6.45, 7) is 0.917. The highest BCUT2D eigenvalue weighted by atomic mass is 16.1. The Labute approximate surface area is 107 Å². The van der Waals surface area contributed by atoms with Crippen molar-refractivity contribution in [2.24, 2.45) is 5.73 Å². The summed E-state index contributed by atoms with van der Waals surface area (Å²) in [7, 11) is 0. The number of carbonyl (C=O) groups is 1. The van der Waals surface area contributed by atoms with Crippen molar-refractivity contribution in [3.8, 4) is 0 Å². The van der Waals surface area contributed by atoms with E-state index in [1.807, 2.05) is 12.1 Å². The highest BCUT2D eigenvalue weighted by Gasteiger charge is 2.39. The Hall–Kier alpha value is -1.61. The van der Waals surface area contributed by atoms with Crippen LogP contribution < -0.4 is 5.73 Å². The number of carbonyl (C=O) groups excluding carboxylic acids is 1. The molecular weight excluding hydrogens is 224 g/mol. The van der Waals surface area contributed by atoms with Gasteiger partial charge < -0.3 is 5.73 Å². The minimum Gasteiger partial charge on any atom is -0.366 e. The van der Waals surface area contributed by atoms with Crippen molar-refractivity contribution in [3.05, 3.63) is 47.5 Å². The summed E-state index contributed by atoms with van der Waals surface area (Å²) in [5, 5.41) is 0. The Bertz CT molecular complexity index is 481. The SMILES string of the molecule is NC(=O)C1=CCC2CCC1N2Cc1ccccc1. The maximum atomic E-state index is 11.5. The fourth-order valence-electron chi connectivity index (χ4n) is 3.22. The minimum atomic E-state index is -0.251. The molecule has 2 bridgehead atoms. The van der Waals surface area contributed by atoms with Crippen molar-refractivity contribution in [2.75, 3.05) is 0 Å². The smallest absolute Gasteiger partial charge is 0.245 e. The van der Waals surface area contributed by atoms with E-state index in [-0.39, 0.29) is 11.9 Å². The average Bonchev–Trinajstić information content (AvgIpc) is 2.63. The molecule has 2 N–H and O–H groups in total. The third-order valence-corrected chi connectivity index (χ3v) is 4.10. The zero-order chi connectivity index (χ0) is 12.5. The van der Waals surface area contributed by atoms with Crippen LogP contribution >= 0.6 is 0 Å². The van der Waals surface area contributed by atoms with Crippen LogP contribution in [0.4, 0.5) is 0 Å². The van der Waals surface area contributed by atoms with Crippen molar-refractivity contribution in [3.63, 3.8) is 0 Å². The number of primary amides is 1. The Morgan fingerprint density at radius 3 is 2.78 bits per heavy atom. The van der Waals surface area contributed by atoms with Gasteiger partial charge in [0.05, 0.1) is 0 Å². The Kier molecular flexibility index (Phi) is 2.92. The van der Waals surface area contributed by atoms with Crippen molar-refractivity contribution in [1.29, 1.82) is 0 Å². The fraction of sp³-hybridized carbons (Fsp3) is 0.400. The minimum absolute atomic E-state index is 0.237. The molecule has 3 heteroatoms. The molecule has 0 radical (unpaired) electrons. The summed E-state index contributed by atoms with van der Waals surface area (Å²) in [6, 6.07) is 11.3. The Morgan fingerprint density at radius 2 is 2.06 bits per heavy atom. The van der Waals surface area contributed by atoms with Crippen molar-refractivity contribution in [1.82, 2.24) is 4.90 Å². The number of amides is 1. The van der Waals surface area contributed by atoms with Gasteiger partial charge in [-0.1, -0.05) is 36.4 Å². The predicted octanol–water partition coefficient (Wildman–Crippen LogP) is 1.83. The second-order valence-electron chi connectivity index (χ2n) is 5.16. The average molecular weight is 242 g/mol. The molecule has 2 heterocycles. The van der Waals surface area contributed by atoms with Gasteiger partial charge in [-0.05, 0) is 24.8 Å². The van der Waals surface area contributed by atoms with Crippen LogP contribution in [0.2, 0.25) is 0 Å². The lowest BCUT2D eigenvalue weighted by atomic mass is 10.00. The van der Waals surface area contributed by atoms with Crippen molar-refractivity contribution in [2.45, 2.75) is 37.9 Å². The summed E-state index contributed by atoms with van der Waals surface area (Å²) >= 11 is 0. The zero-order valence-electron chi connectivity index (χ0n) is 10.4. The van der Waals surface area contributed by atoms with Gasteiger partial charge in [-0.25, -0.2) is 0 Å². The highest BCUT2D eigenvalue weighted by molar-refractivity contribution is 5.93. The molecule has 2 aliphatic heterocycles. The second-order valence-corrected chi connectivity index (χ2v) is 5.16. The lowest BCUT2D eigenvalue weighted by molar-refractivity contribution is -0.115. The molecule has 3 nitrogen and oxygen atoms in total. The molecule has 0 saturated carbocycles. The van der Waals surface area contributed by atoms with E-state index < -0.39 is 0 Å². The zero-order valence-corrected chi connectivity index (χ0v) is 10.4. The van der Waals surface area contributed by atoms with E-state index in [1.54, 1.807) is 0 Å². The van der Waals surface area contributed by atoms with Gasteiger partial charge in [0.25, 0.3) is 0 Å². The first-order valence-electron chi connectivity index (χ1n) is 6.55. The highest BCUT2D eigenvalue weighted by Crippen LogP contribution is 2.36. The monoisotopic (exact) mass is 242 g/mol. The van der Waals surface area contributed by atoms with Crippen LogP contribution in [0, 0.1) is 0 Å². The maximum absolute atomic E-state index is 11.5. The number of benzene rings is 1. The van der Waals surface area contributed by atoms with Crippen LogP contribution in [-0.2, 0) is 11.3 Å². The lowest BCUT2D eigenvalue weighted by Crippen LogP contribution is -2.42. The van der Waals surface area contributed by atoms with Gasteiger partial charge in [-0.15, -0.1) is 0 Å². The first-order chi connectivity index (χ1) is 8.75. The summed E-state index contributed by atoms with van der Waals surface area (Å²) in [6.07, 6.45) is 5.24. The van der Waals surface area contributed by atoms with Crippen molar-refractivity contribution >= 4 is 5.91 Å². The quantitative estimate of drug-likeness (QED) is 0.879. The normalized spacial score (nSPS) is 27.0. The molecule has 1 aromatic rings. The summed E-state index contributed by atoms with van der Waals surface area (Å²) in [5.74, 6) is -0.251. The number of hydrogen-bond donors (Lipinski definition) is 1. The topological polar surface area (TPSA) is 46.3 Å². The third-order valence-electron chi connectivity index (χ3n) is 4.10. The van der Waals surface area contributed by atoms with Gasteiger partial charge in [0.1, 0.15) is 0 Å². The molecule has 18 heavy (non-hydrogen) atoms. The molecule has 0 spiro atoms. The predicted molar refractivity (Wildman–Crippen MR) is 70.7 cm³/mol. The first-order valence-corrected chi connectivity index (χ1v) is 6.55. The lowest BCUT2D eigenvalue weighted by Gasteiger charge is -2.34. The number of hydrogen-bond acceptors (Lipinski definition) is 2. The van der Waals surface area contributed by atoms with E-state index in [0.717, 1.165) is 25.0 Å². The van der Waals surface area contributed by atoms with Crippen LogP contribution in [0.15, 0.2) is 42.0 Å². The molecule has 2 unspecified atom stereocenters. The van der Waals surface area contributed by atoms with Gasteiger partial charge in [0.2, 0.25) is 5.91 Å². The van der Waals surface area contributed by atoms with E-state index >= 15 is 0 Å². The Morgan fingerprint density at radius 1 is 1.28 bits per heavy atom. The van der Waals surface area contributed by atoms with E-state index in [9.17, 15) is 4.79 Å². The van der Waals surface area contributed by atoms with Gasteiger partial charge in [0, 0.05) is 24.2 Å². The number of fused-ring (bicyclic) bond motifs is 2.